The highest BCUT2D eigenvalue weighted by molar-refractivity contribution is 7.99. The molecule has 1 amide bonds. The molecule has 0 atom stereocenters. The minimum Gasteiger partial charge on any atom is -0.353 e. The minimum absolute atomic E-state index is 0.0651. The maximum atomic E-state index is 13.6. The Balaban J connectivity index is 1.34. The molecule has 3 rings (SSSR count). The molecule has 0 aliphatic carbocycles. The molecule has 5 heteroatoms. The van der Waals surface area contributed by atoms with Crippen molar-refractivity contribution >= 4 is 17.7 Å². The van der Waals surface area contributed by atoms with Crippen LogP contribution in [0.3, 0.4) is 0 Å². The summed E-state index contributed by atoms with van der Waals surface area (Å²) in [6, 6.07) is 17.4. The van der Waals surface area contributed by atoms with Gasteiger partial charge in [0.05, 0.1) is 0 Å². The van der Waals surface area contributed by atoms with Gasteiger partial charge in [-0.3, -0.25) is 9.69 Å². The van der Waals surface area contributed by atoms with E-state index in [0.29, 0.717) is 17.1 Å². The van der Waals surface area contributed by atoms with E-state index in [0.717, 1.165) is 32.5 Å². The number of rotatable bonds is 7. The molecule has 1 fully saturated rings. The summed E-state index contributed by atoms with van der Waals surface area (Å²) in [7, 11) is 0. The maximum absolute atomic E-state index is 13.6. The predicted octanol–water partition coefficient (Wildman–Crippen LogP) is 4.09. The van der Waals surface area contributed by atoms with Crippen LogP contribution in [0.25, 0.3) is 0 Å². The number of nitrogens with one attached hydrogen (secondary N) is 1. The van der Waals surface area contributed by atoms with E-state index in [9.17, 15) is 9.18 Å². The summed E-state index contributed by atoms with van der Waals surface area (Å²) in [6.45, 7) is 2.98. The van der Waals surface area contributed by atoms with Gasteiger partial charge in [0.25, 0.3) is 0 Å². The fraction of sp³-hybridized carbons (Fsp3) is 0.381. The lowest BCUT2D eigenvalue weighted by Gasteiger charge is -2.32. The van der Waals surface area contributed by atoms with Crippen LogP contribution in [0.2, 0.25) is 0 Å². The van der Waals surface area contributed by atoms with E-state index in [1.807, 2.05) is 12.1 Å². The minimum atomic E-state index is -0.219. The molecule has 0 bridgehead atoms. The van der Waals surface area contributed by atoms with Gasteiger partial charge in [-0.1, -0.05) is 42.5 Å². The first-order valence-corrected chi connectivity index (χ1v) is 10.1. The first-order chi connectivity index (χ1) is 12.7. The maximum Gasteiger partial charge on any atom is 0.221 e. The Morgan fingerprint density at radius 3 is 2.50 bits per heavy atom. The number of hydrogen-bond acceptors (Lipinski definition) is 3. The molecule has 0 radical (unpaired) electrons. The quantitative estimate of drug-likeness (QED) is 0.743. The van der Waals surface area contributed by atoms with Crippen LogP contribution in [0.5, 0.6) is 0 Å². The van der Waals surface area contributed by atoms with Crippen LogP contribution in [0.4, 0.5) is 4.39 Å². The third kappa shape index (κ3) is 5.85. The number of carbonyl (C=O) groups is 1. The van der Waals surface area contributed by atoms with Gasteiger partial charge in [0, 0.05) is 42.7 Å². The van der Waals surface area contributed by atoms with Gasteiger partial charge in [-0.2, -0.15) is 0 Å². The number of hydrogen-bond donors (Lipinski definition) is 1. The molecule has 0 saturated carbocycles. The van der Waals surface area contributed by atoms with Gasteiger partial charge in [0.1, 0.15) is 5.82 Å². The zero-order valence-electron chi connectivity index (χ0n) is 14.9. The van der Waals surface area contributed by atoms with E-state index in [1.165, 1.54) is 23.4 Å². The molecule has 0 unspecified atom stereocenters. The largest absolute Gasteiger partial charge is 0.353 e. The van der Waals surface area contributed by atoms with Crippen LogP contribution in [0, 0.1) is 5.82 Å². The van der Waals surface area contributed by atoms with E-state index in [1.54, 1.807) is 12.1 Å². The fourth-order valence-electron chi connectivity index (χ4n) is 3.19. The molecule has 26 heavy (non-hydrogen) atoms. The normalized spacial score (nSPS) is 15.7. The average Bonchev–Trinajstić information content (AvgIpc) is 2.66. The van der Waals surface area contributed by atoms with E-state index in [-0.39, 0.29) is 17.8 Å². The number of carbonyl (C=O) groups excluding carboxylic acids is 1. The molecule has 0 aromatic heterocycles. The lowest BCUT2D eigenvalue weighted by atomic mass is 10.0. The summed E-state index contributed by atoms with van der Waals surface area (Å²) >= 11 is 1.39. The lowest BCUT2D eigenvalue weighted by molar-refractivity contribution is -0.121. The highest BCUT2D eigenvalue weighted by Crippen LogP contribution is 2.22. The number of nitrogens with zero attached hydrogens (tertiary/aromatic N) is 1. The first-order valence-electron chi connectivity index (χ1n) is 9.13. The van der Waals surface area contributed by atoms with E-state index >= 15 is 0 Å². The Morgan fingerprint density at radius 1 is 1.08 bits per heavy atom. The van der Waals surface area contributed by atoms with Gasteiger partial charge < -0.3 is 5.32 Å². The van der Waals surface area contributed by atoms with Gasteiger partial charge >= 0.3 is 0 Å². The van der Waals surface area contributed by atoms with Crippen LogP contribution in [-0.4, -0.2) is 35.7 Å². The van der Waals surface area contributed by atoms with Crippen molar-refractivity contribution in [3.63, 3.8) is 0 Å². The first kappa shape index (κ1) is 18.9. The van der Waals surface area contributed by atoms with Crippen molar-refractivity contribution in [2.45, 2.75) is 36.7 Å². The van der Waals surface area contributed by atoms with Gasteiger partial charge in [-0.25, -0.2) is 4.39 Å². The van der Waals surface area contributed by atoms with Crippen LogP contribution in [0.15, 0.2) is 59.5 Å². The van der Waals surface area contributed by atoms with Gasteiger partial charge in [0.15, 0.2) is 0 Å². The van der Waals surface area contributed by atoms with Crippen molar-refractivity contribution in [1.82, 2.24) is 10.2 Å². The molecule has 138 valence electrons. The highest BCUT2D eigenvalue weighted by Gasteiger charge is 2.20. The summed E-state index contributed by atoms with van der Waals surface area (Å²) in [5.74, 6) is 0.443. The molecule has 1 aliphatic heterocycles. The van der Waals surface area contributed by atoms with Gasteiger partial charge in [-0.15, -0.1) is 11.8 Å². The third-order valence-electron chi connectivity index (χ3n) is 4.63. The standard InChI is InChI=1S/C21H25FN2OS/c22-19-8-4-5-9-20(19)26-15-12-21(25)23-18-10-13-24(14-11-18)16-17-6-2-1-3-7-17/h1-9,18H,10-16H2,(H,23,25). The van der Waals surface area contributed by atoms with Crippen LogP contribution >= 0.6 is 11.8 Å². The number of likely N-dealkylation sites (tertiary alicyclic amines) is 1. The van der Waals surface area contributed by atoms with Crippen molar-refractivity contribution in [3.8, 4) is 0 Å². The van der Waals surface area contributed by atoms with Crippen molar-refractivity contribution < 1.29 is 9.18 Å². The summed E-state index contributed by atoms with van der Waals surface area (Å²) in [5, 5.41) is 3.13. The Bertz CT molecular complexity index is 702. The molecule has 1 aliphatic rings. The molecule has 2 aromatic carbocycles. The third-order valence-corrected chi connectivity index (χ3v) is 5.68. The monoisotopic (exact) mass is 372 g/mol. The summed E-state index contributed by atoms with van der Waals surface area (Å²) in [6.07, 6.45) is 2.39. The van der Waals surface area contributed by atoms with E-state index < -0.39 is 0 Å². The second kappa shape index (κ2) is 9.74. The Hall–Kier alpha value is -1.85. The molecular weight excluding hydrogens is 347 g/mol. The number of amides is 1. The molecular formula is C21H25FN2OS. The molecule has 1 heterocycles. The molecule has 3 nitrogen and oxygen atoms in total. The van der Waals surface area contributed by atoms with E-state index in [2.05, 4.69) is 34.5 Å². The number of thioether (sulfide) groups is 1. The van der Waals surface area contributed by atoms with Crippen LogP contribution in [-0.2, 0) is 11.3 Å². The van der Waals surface area contributed by atoms with Crippen molar-refractivity contribution in [2.75, 3.05) is 18.8 Å². The number of piperidine rings is 1. The molecule has 1 saturated heterocycles. The van der Waals surface area contributed by atoms with Crippen molar-refractivity contribution in [3.05, 3.63) is 66.0 Å². The van der Waals surface area contributed by atoms with E-state index in [4.69, 9.17) is 0 Å². The lowest BCUT2D eigenvalue weighted by Crippen LogP contribution is -2.44. The number of halogens is 1. The fourth-order valence-corrected chi connectivity index (χ4v) is 4.08. The zero-order chi connectivity index (χ0) is 18.2. The predicted molar refractivity (Wildman–Crippen MR) is 105 cm³/mol. The van der Waals surface area contributed by atoms with Gasteiger partial charge in [0.2, 0.25) is 5.91 Å². The molecule has 2 aromatic rings. The summed E-state index contributed by atoms with van der Waals surface area (Å²) in [4.78, 5) is 15.2. The Kier molecular flexibility index (Phi) is 7.09. The van der Waals surface area contributed by atoms with Crippen LogP contribution < -0.4 is 5.32 Å². The second-order valence-electron chi connectivity index (χ2n) is 6.63. The highest BCUT2D eigenvalue weighted by atomic mass is 32.2. The van der Waals surface area contributed by atoms with Crippen LogP contribution in [0.1, 0.15) is 24.8 Å². The summed E-state index contributed by atoms with van der Waals surface area (Å²) < 4.78 is 13.6. The van der Waals surface area contributed by atoms with Crippen molar-refractivity contribution in [2.24, 2.45) is 0 Å². The molecule has 0 spiro atoms. The van der Waals surface area contributed by atoms with Crippen molar-refractivity contribution in [1.29, 1.82) is 0 Å². The topological polar surface area (TPSA) is 32.3 Å². The zero-order valence-corrected chi connectivity index (χ0v) is 15.7. The van der Waals surface area contributed by atoms with Gasteiger partial charge in [-0.05, 0) is 30.5 Å². The second-order valence-corrected chi connectivity index (χ2v) is 7.77. The smallest absolute Gasteiger partial charge is 0.221 e. The summed E-state index contributed by atoms with van der Waals surface area (Å²) in [5.41, 5.74) is 1.33. The molecule has 1 N–H and O–H groups in total. The number of benzene rings is 2. The SMILES string of the molecule is O=C(CCSc1ccccc1F)NC1CCN(Cc2ccccc2)CC1. The Labute approximate surface area is 159 Å². The average molecular weight is 373 g/mol. The Morgan fingerprint density at radius 2 is 1.77 bits per heavy atom.